The average Bonchev–Trinajstić information content (AvgIpc) is 2.69. The maximum Gasteiger partial charge on any atom is 0.0351 e. The largest absolute Gasteiger partial charge is 0.388 e. The third-order valence-electron chi connectivity index (χ3n) is 6.25. The fourth-order valence-electron chi connectivity index (χ4n) is 6.14. The standard InChI is InChI=1S/C12H20.C7H8.C6H6.C3H8.C2H6O/c1-11-4-9-3-10(5-11)7-12(2,6-9)8-11;1-7-5-3-2-4-6-7;1-2-4-6-5-3-1;2*1-3-2/h9-10H,3-8H2,1-2H3;2-6H,1H3;1-6H;3H2,1-2H3;1-2H3. The van der Waals surface area contributed by atoms with Gasteiger partial charge >= 0.3 is 0 Å². The van der Waals surface area contributed by atoms with Gasteiger partial charge in [-0.15, -0.1) is 0 Å². The number of ether oxygens (including phenoxy) is 1. The van der Waals surface area contributed by atoms with Crippen LogP contribution in [0.3, 0.4) is 0 Å². The molecule has 0 radical (unpaired) electrons. The molecule has 0 unspecified atom stereocenters. The summed E-state index contributed by atoms with van der Waals surface area (Å²) < 4.78 is 4.25. The molecule has 1 nitrogen and oxygen atoms in total. The van der Waals surface area contributed by atoms with Crippen molar-refractivity contribution in [2.75, 3.05) is 14.2 Å². The van der Waals surface area contributed by atoms with Crippen molar-refractivity contribution in [2.24, 2.45) is 22.7 Å². The van der Waals surface area contributed by atoms with E-state index in [0.717, 1.165) is 22.7 Å². The lowest BCUT2D eigenvalue weighted by Crippen LogP contribution is -2.49. The highest BCUT2D eigenvalue weighted by Crippen LogP contribution is 2.64. The molecule has 2 aromatic carbocycles. The van der Waals surface area contributed by atoms with Crippen molar-refractivity contribution in [3.63, 3.8) is 0 Å². The summed E-state index contributed by atoms with van der Waals surface area (Å²) in [6.07, 6.45) is 10.6. The van der Waals surface area contributed by atoms with Gasteiger partial charge in [0.15, 0.2) is 0 Å². The molecule has 4 aliphatic rings. The first-order valence-corrected chi connectivity index (χ1v) is 12.2. The summed E-state index contributed by atoms with van der Waals surface area (Å²) >= 11 is 0. The van der Waals surface area contributed by atoms with Gasteiger partial charge in [-0.05, 0) is 68.1 Å². The van der Waals surface area contributed by atoms with Gasteiger partial charge in [-0.3, -0.25) is 0 Å². The SMILES string of the molecule is CC12CC3CC(C1)CC(C)(C3)C2.CCC.COC.Cc1ccccc1.c1ccccc1. The Labute approximate surface area is 193 Å². The molecule has 4 saturated carbocycles. The fraction of sp³-hybridized carbons (Fsp3) is 0.600. The van der Waals surface area contributed by atoms with Crippen LogP contribution in [0.5, 0.6) is 0 Å². The second-order valence-corrected chi connectivity index (χ2v) is 10.5. The number of hydrogen-bond donors (Lipinski definition) is 0. The highest BCUT2D eigenvalue weighted by atomic mass is 16.4. The highest BCUT2D eigenvalue weighted by molar-refractivity contribution is 5.11. The van der Waals surface area contributed by atoms with E-state index in [1.165, 1.54) is 18.4 Å². The predicted octanol–water partition coefficient (Wildman–Crippen LogP) is 8.97. The van der Waals surface area contributed by atoms with Crippen molar-refractivity contribution in [3.8, 4) is 0 Å². The maximum absolute atomic E-state index is 4.25. The first kappa shape index (κ1) is 27.4. The Balaban J connectivity index is 0.000000219. The Morgan fingerprint density at radius 2 is 1.00 bits per heavy atom. The molecule has 6 rings (SSSR count). The predicted molar refractivity (Wildman–Crippen MR) is 137 cm³/mol. The van der Waals surface area contributed by atoms with Gasteiger partial charge < -0.3 is 4.74 Å². The second kappa shape index (κ2) is 14.5. The van der Waals surface area contributed by atoms with Crippen molar-refractivity contribution in [1.82, 2.24) is 0 Å². The van der Waals surface area contributed by atoms with E-state index in [9.17, 15) is 0 Å². The molecule has 0 atom stereocenters. The number of rotatable bonds is 0. The van der Waals surface area contributed by atoms with Crippen molar-refractivity contribution in [3.05, 3.63) is 72.3 Å². The van der Waals surface area contributed by atoms with Crippen LogP contribution >= 0.6 is 0 Å². The molecule has 2 aromatic rings. The van der Waals surface area contributed by atoms with Gasteiger partial charge in [0.1, 0.15) is 0 Å². The quantitative estimate of drug-likeness (QED) is 0.410. The third-order valence-corrected chi connectivity index (χ3v) is 6.25. The van der Waals surface area contributed by atoms with Crippen LogP contribution in [0.4, 0.5) is 0 Å². The van der Waals surface area contributed by atoms with E-state index in [1.54, 1.807) is 46.3 Å². The van der Waals surface area contributed by atoms with Crippen LogP contribution in [-0.2, 0) is 4.74 Å². The summed E-state index contributed by atoms with van der Waals surface area (Å²) in [6, 6.07) is 22.3. The minimum atomic E-state index is 0.763. The Kier molecular flexibility index (Phi) is 12.8. The zero-order chi connectivity index (χ0) is 23.2. The molecular weight excluding hydrogens is 376 g/mol. The Hall–Kier alpha value is -1.60. The summed E-state index contributed by atoms with van der Waals surface area (Å²) in [7, 11) is 3.25. The third kappa shape index (κ3) is 11.0. The molecular formula is C30H48O. The summed E-state index contributed by atoms with van der Waals surface area (Å²) in [5, 5.41) is 0. The molecule has 0 N–H and O–H groups in total. The molecule has 0 aliphatic heterocycles. The average molecular weight is 425 g/mol. The van der Waals surface area contributed by atoms with Crippen LogP contribution < -0.4 is 0 Å². The fourth-order valence-corrected chi connectivity index (χ4v) is 6.14. The van der Waals surface area contributed by atoms with Gasteiger partial charge in [-0.1, -0.05) is 106 Å². The summed E-state index contributed by atoms with van der Waals surface area (Å²) in [5.41, 5.74) is 2.85. The normalized spacial score (nSPS) is 28.9. The van der Waals surface area contributed by atoms with Crippen LogP contribution in [0.15, 0.2) is 66.7 Å². The molecule has 4 bridgehead atoms. The van der Waals surface area contributed by atoms with Crippen LogP contribution in [0, 0.1) is 29.6 Å². The lowest BCUT2D eigenvalue weighted by molar-refractivity contribution is -0.0920. The minimum absolute atomic E-state index is 0.763. The van der Waals surface area contributed by atoms with Gasteiger partial charge in [0, 0.05) is 14.2 Å². The second-order valence-electron chi connectivity index (χ2n) is 10.5. The van der Waals surface area contributed by atoms with Crippen LogP contribution in [0.2, 0.25) is 0 Å². The van der Waals surface area contributed by atoms with Crippen molar-refractivity contribution >= 4 is 0 Å². The first-order valence-electron chi connectivity index (χ1n) is 12.2. The molecule has 0 spiro atoms. The van der Waals surface area contributed by atoms with Gasteiger partial charge in [-0.25, -0.2) is 0 Å². The summed E-state index contributed by atoms with van der Waals surface area (Å²) in [5.74, 6) is 2.22. The molecule has 0 saturated heterocycles. The Bertz CT molecular complexity index is 601. The zero-order valence-corrected chi connectivity index (χ0v) is 21.4. The summed E-state index contributed by atoms with van der Waals surface area (Å²) in [6.45, 7) is 11.4. The monoisotopic (exact) mass is 424 g/mol. The van der Waals surface area contributed by atoms with E-state index in [4.69, 9.17) is 0 Å². The highest BCUT2D eigenvalue weighted by Gasteiger charge is 2.53. The molecule has 0 aromatic heterocycles. The molecule has 1 heteroatoms. The molecule has 174 valence electrons. The van der Waals surface area contributed by atoms with Crippen molar-refractivity contribution in [2.45, 2.75) is 79.6 Å². The zero-order valence-electron chi connectivity index (χ0n) is 21.4. The number of methoxy groups -OCH3 is 1. The van der Waals surface area contributed by atoms with Gasteiger partial charge in [0.2, 0.25) is 0 Å². The molecule has 0 heterocycles. The molecule has 31 heavy (non-hydrogen) atoms. The van der Waals surface area contributed by atoms with Gasteiger partial charge in [-0.2, -0.15) is 0 Å². The van der Waals surface area contributed by atoms with Crippen LogP contribution in [0.1, 0.15) is 78.2 Å². The Morgan fingerprint density at radius 1 is 0.710 bits per heavy atom. The van der Waals surface area contributed by atoms with E-state index in [-0.39, 0.29) is 0 Å². The molecule has 4 fully saturated rings. The maximum atomic E-state index is 4.25. The lowest BCUT2D eigenvalue weighted by atomic mass is 9.45. The van der Waals surface area contributed by atoms with Gasteiger partial charge in [0.25, 0.3) is 0 Å². The van der Waals surface area contributed by atoms with E-state index in [2.05, 4.69) is 51.5 Å². The lowest BCUT2D eigenvalue weighted by Gasteiger charge is -2.60. The van der Waals surface area contributed by atoms with E-state index in [1.807, 2.05) is 54.6 Å². The number of aryl methyl sites for hydroxylation is 1. The molecule has 4 aliphatic carbocycles. The van der Waals surface area contributed by atoms with Crippen molar-refractivity contribution < 1.29 is 4.74 Å². The first-order chi connectivity index (χ1) is 14.8. The van der Waals surface area contributed by atoms with E-state index >= 15 is 0 Å². The number of benzene rings is 2. The van der Waals surface area contributed by atoms with Crippen LogP contribution in [-0.4, -0.2) is 14.2 Å². The smallest absolute Gasteiger partial charge is 0.0351 e. The van der Waals surface area contributed by atoms with E-state index < -0.39 is 0 Å². The molecule has 0 amide bonds. The Morgan fingerprint density at radius 3 is 1.23 bits per heavy atom. The van der Waals surface area contributed by atoms with E-state index in [0.29, 0.717) is 0 Å². The topological polar surface area (TPSA) is 9.23 Å². The minimum Gasteiger partial charge on any atom is -0.388 e. The van der Waals surface area contributed by atoms with Gasteiger partial charge in [0.05, 0.1) is 0 Å². The summed E-state index contributed by atoms with van der Waals surface area (Å²) in [4.78, 5) is 0. The van der Waals surface area contributed by atoms with Crippen LogP contribution in [0.25, 0.3) is 0 Å². The van der Waals surface area contributed by atoms with Crippen molar-refractivity contribution in [1.29, 1.82) is 0 Å². The number of hydrogen-bond acceptors (Lipinski definition) is 1.